The minimum absolute atomic E-state index is 0.0727. The second-order valence-electron chi connectivity index (χ2n) is 18.2. The summed E-state index contributed by atoms with van der Waals surface area (Å²) < 4.78 is 16.4. The highest BCUT2D eigenvalue weighted by molar-refractivity contribution is 5.87. The summed E-state index contributed by atoms with van der Waals surface area (Å²) in [6.45, 7) is 5.62. The molecule has 4 atom stereocenters. The monoisotopic (exact) mass is 846 g/mol. The van der Waals surface area contributed by atoms with E-state index < -0.39 is 29.7 Å². The molecular formula is C47H58N8O7. The molecule has 0 unspecified atom stereocenters. The van der Waals surface area contributed by atoms with Crippen LogP contribution in [0.3, 0.4) is 0 Å². The Labute approximate surface area is 362 Å². The van der Waals surface area contributed by atoms with Gasteiger partial charge in [0.1, 0.15) is 35.2 Å². The van der Waals surface area contributed by atoms with Crippen molar-refractivity contribution in [1.29, 1.82) is 0 Å². The first-order valence-electron chi connectivity index (χ1n) is 22.4. The van der Waals surface area contributed by atoms with Crippen LogP contribution >= 0.6 is 0 Å². The molecule has 2 saturated carbocycles. The summed E-state index contributed by atoms with van der Waals surface area (Å²) in [5.74, 6) is 3.04. The second kappa shape index (κ2) is 17.1. The molecule has 4 fully saturated rings. The van der Waals surface area contributed by atoms with E-state index in [1.165, 1.54) is 14.2 Å². The van der Waals surface area contributed by atoms with E-state index in [0.717, 1.165) is 134 Å². The third-order valence-corrected chi connectivity index (χ3v) is 14.2. The number of carbonyl (C=O) groups excluding carboxylic acids is 4. The van der Waals surface area contributed by atoms with Gasteiger partial charge in [0.2, 0.25) is 11.8 Å². The average molecular weight is 847 g/mol. The molecule has 15 heteroatoms. The lowest BCUT2D eigenvalue weighted by Crippen LogP contribution is -2.51. The standard InChI is InChI=1S/C47H58N8O7/c1-47(2)31-19-17-30(34-26-49-42(51-34)36-16-10-22-55(36)44(57)40(53-46(59)61-4)28-13-7-8-14-28)24-38(31)62-37-20-18-29(23-32(37)47)33-25-48-41(50-33)35-15-9-21-54(35)43(56)39(52-45(58)60-3)27-11-5-6-12-27/h17-20,23-28,35-36,39-40H,5-16,21-22H2,1-4H3,(H,48,50)(H,49,51)(H,52,58)(H,53,59)/t35-,36-,39-,40-/m0/s1. The fraction of sp³-hybridized carbons (Fsp3) is 0.532. The van der Waals surface area contributed by atoms with Crippen LogP contribution in [0.25, 0.3) is 22.5 Å². The largest absolute Gasteiger partial charge is 0.457 e. The Balaban J connectivity index is 0.908. The Morgan fingerprint density at radius 1 is 0.661 bits per heavy atom. The quantitative estimate of drug-likeness (QED) is 0.123. The van der Waals surface area contributed by atoms with Gasteiger partial charge in [-0.3, -0.25) is 9.59 Å². The number of carbonyl (C=O) groups is 4. The molecule has 0 bridgehead atoms. The number of H-pyrrole nitrogens is 2. The van der Waals surface area contributed by atoms with E-state index in [9.17, 15) is 19.2 Å². The van der Waals surface area contributed by atoms with Crippen LogP contribution in [0.4, 0.5) is 9.59 Å². The van der Waals surface area contributed by atoms with Gasteiger partial charge in [-0.1, -0.05) is 51.7 Å². The number of alkyl carbamates (subject to hydrolysis) is 2. The van der Waals surface area contributed by atoms with Gasteiger partial charge < -0.3 is 44.6 Å². The molecule has 2 saturated heterocycles. The van der Waals surface area contributed by atoms with Crippen molar-refractivity contribution in [2.75, 3.05) is 27.3 Å². The topological polar surface area (TPSA) is 184 Å². The number of ether oxygens (including phenoxy) is 3. The van der Waals surface area contributed by atoms with E-state index in [0.29, 0.717) is 13.1 Å². The van der Waals surface area contributed by atoms with Gasteiger partial charge in [-0.15, -0.1) is 0 Å². The Morgan fingerprint density at radius 2 is 1.15 bits per heavy atom. The Hall–Kier alpha value is -5.86. The van der Waals surface area contributed by atoms with Crippen molar-refractivity contribution in [2.24, 2.45) is 11.8 Å². The number of imidazole rings is 2. The summed E-state index contributed by atoms with van der Waals surface area (Å²) in [5.41, 5.74) is 5.27. The van der Waals surface area contributed by atoms with E-state index in [1.54, 1.807) is 0 Å². The van der Waals surface area contributed by atoms with Crippen LogP contribution in [0, 0.1) is 11.8 Å². The van der Waals surface area contributed by atoms with Gasteiger partial charge in [0, 0.05) is 40.8 Å². The summed E-state index contributed by atoms with van der Waals surface area (Å²) in [4.78, 5) is 73.0. The fourth-order valence-corrected chi connectivity index (χ4v) is 10.8. The smallest absolute Gasteiger partial charge is 0.407 e. The number of amides is 4. The summed E-state index contributed by atoms with van der Waals surface area (Å²) >= 11 is 0. The van der Waals surface area contributed by atoms with Crippen molar-refractivity contribution in [3.8, 4) is 34.0 Å². The first-order valence-corrected chi connectivity index (χ1v) is 22.4. The highest BCUT2D eigenvalue weighted by Crippen LogP contribution is 2.50. The maximum Gasteiger partial charge on any atom is 0.407 e. The molecule has 3 aliphatic heterocycles. The van der Waals surface area contributed by atoms with Gasteiger partial charge in [0.05, 0.1) is 50.1 Å². The van der Waals surface area contributed by atoms with Crippen molar-refractivity contribution >= 4 is 24.0 Å². The number of methoxy groups -OCH3 is 2. The molecule has 0 radical (unpaired) electrons. The molecule has 2 aromatic heterocycles. The van der Waals surface area contributed by atoms with Crippen molar-refractivity contribution < 1.29 is 33.4 Å². The molecule has 2 aliphatic carbocycles. The van der Waals surface area contributed by atoms with Crippen LogP contribution in [0.5, 0.6) is 11.5 Å². The third-order valence-electron chi connectivity index (χ3n) is 14.2. The number of fused-ring (bicyclic) bond motifs is 2. The first-order chi connectivity index (χ1) is 30.0. The van der Waals surface area contributed by atoms with Crippen LogP contribution < -0.4 is 15.4 Å². The number of hydrogen-bond acceptors (Lipinski definition) is 9. The molecule has 0 spiro atoms. The Morgan fingerprint density at radius 3 is 1.65 bits per heavy atom. The minimum atomic E-state index is -0.615. The second-order valence-corrected chi connectivity index (χ2v) is 18.2. The molecule has 4 aromatic rings. The summed E-state index contributed by atoms with van der Waals surface area (Å²) in [6, 6.07) is 10.8. The Kier molecular flexibility index (Phi) is 11.5. The Bertz CT molecular complexity index is 2320. The van der Waals surface area contributed by atoms with Crippen molar-refractivity contribution in [3.63, 3.8) is 0 Å². The van der Waals surface area contributed by atoms with E-state index in [4.69, 9.17) is 24.2 Å². The maximum absolute atomic E-state index is 14.0. The van der Waals surface area contributed by atoms with Crippen LogP contribution in [0.2, 0.25) is 0 Å². The number of aromatic amines is 2. The molecule has 15 nitrogen and oxygen atoms in total. The summed E-state index contributed by atoms with van der Waals surface area (Å²) in [7, 11) is 2.65. The van der Waals surface area contributed by atoms with Gasteiger partial charge in [-0.2, -0.15) is 0 Å². The first kappa shape index (κ1) is 41.5. The molecule has 4 N–H and O–H groups in total. The predicted octanol–water partition coefficient (Wildman–Crippen LogP) is 8.06. The number of rotatable bonds is 10. The SMILES string of the molecule is COC(=O)N[C@H](C(=O)N1CCC[C@H]1c1ncc(-c2ccc3c(c2)Oc2ccc(-c4cnc([C@@H]5CCCN5C(=O)[C@@H](NC(=O)OC)C5CCCC5)[nH]4)cc2C3(C)C)[nH]1)C1CCCC1. The number of nitrogens with one attached hydrogen (secondary N) is 4. The van der Waals surface area contributed by atoms with Crippen LogP contribution in [-0.2, 0) is 24.5 Å². The van der Waals surface area contributed by atoms with Gasteiger partial charge in [0.25, 0.3) is 0 Å². The number of nitrogens with zero attached hydrogens (tertiary/aromatic N) is 4. The van der Waals surface area contributed by atoms with E-state index >= 15 is 0 Å². The fourth-order valence-electron chi connectivity index (χ4n) is 10.8. The molecule has 4 amide bonds. The molecule has 5 heterocycles. The van der Waals surface area contributed by atoms with Crippen LogP contribution in [0.15, 0.2) is 48.8 Å². The maximum atomic E-state index is 14.0. The molecule has 328 valence electrons. The summed E-state index contributed by atoms with van der Waals surface area (Å²) in [5, 5.41) is 5.70. The zero-order chi connectivity index (χ0) is 43.1. The van der Waals surface area contributed by atoms with Gasteiger partial charge in [-0.05, 0) is 87.5 Å². The van der Waals surface area contributed by atoms with Crippen molar-refractivity contribution in [2.45, 2.75) is 120 Å². The molecular weight excluding hydrogens is 789 g/mol. The van der Waals surface area contributed by atoms with Gasteiger partial charge >= 0.3 is 12.2 Å². The molecule has 62 heavy (non-hydrogen) atoms. The lowest BCUT2D eigenvalue weighted by molar-refractivity contribution is -0.136. The average Bonchev–Trinajstić information content (AvgIpc) is 4.13. The third kappa shape index (κ3) is 7.78. The van der Waals surface area contributed by atoms with Crippen molar-refractivity contribution in [1.82, 2.24) is 40.4 Å². The van der Waals surface area contributed by atoms with Crippen LogP contribution in [0.1, 0.15) is 126 Å². The zero-order valence-corrected chi connectivity index (χ0v) is 36.1. The van der Waals surface area contributed by atoms with E-state index in [1.807, 2.05) is 40.4 Å². The predicted molar refractivity (Wildman–Crippen MR) is 230 cm³/mol. The molecule has 9 rings (SSSR count). The number of aromatic nitrogens is 4. The van der Waals surface area contributed by atoms with Gasteiger partial charge in [-0.25, -0.2) is 19.6 Å². The highest BCUT2D eigenvalue weighted by Gasteiger charge is 2.42. The summed E-state index contributed by atoms with van der Waals surface area (Å²) in [6.07, 6.45) is 13.6. The molecule has 2 aromatic carbocycles. The number of likely N-dealkylation sites (tertiary alicyclic amines) is 2. The lowest BCUT2D eigenvalue weighted by Gasteiger charge is -2.35. The number of hydrogen-bond donors (Lipinski definition) is 4. The zero-order valence-electron chi connectivity index (χ0n) is 36.1. The van der Waals surface area contributed by atoms with Crippen LogP contribution in [-0.4, -0.2) is 93.1 Å². The highest BCUT2D eigenvalue weighted by atomic mass is 16.5. The van der Waals surface area contributed by atoms with E-state index in [2.05, 4.69) is 52.6 Å². The van der Waals surface area contributed by atoms with E-state index in [-0.39, 0.29) is 35.7 Å². The minimum Gasteiger partial charge on any atom is -0.457 e. The number of benzene rings is 2. The molecule has 5 aliphatic rings. The normalized spacial score (nSPS) is 21.8. The van der Waals surface area contributed by atoms with Crippen molar-refractivity contribution in [3.05, 3.63) is 71.6 Å². The van der Waals surface area contributed by atoms with Gasteiger partial charge in [0.15, 0.2) is 0 Å². The lowest BCUT2D eigenvalue weighted by atomic mass is 9.75.